The highest BCUT2D eigenvalue weighted by Gasteiger charge is 2.23. The lowest BCUT2D eigenvalue weighted by Gasteiger charge is -2.16. The predicted molar refractivity (Wildman–Crippen MR) is 52.8 cm³/mol. The first kappa shape index (κ1) is 11.2. The van der Waals surface area contributed by atoms with E-state index in [1.54, 1.807) is 6.92 Å². The molecule has 4 nitrogen and oxygen atoms in total. The van der Waals surface area contributed by atoms with Crippen molar-refractivity contribution in [3.05, 3.63) is 11.1 Å². The summed E-state index contributed by atoms with van der Waals surface area (Å²) in [4.78, 5) is 10.8. The fourth-order valence-corrected chi connectivity index (χ4v) is 3.28. The van der Waals surface area contributed by atoms with Crippen molar-refractivity contribution in [2.75, 3.05) is 11.5 Å². The van der Waals surface area contributed by atoms with E-state index in [0.717, 1.165) is 0 Å². The largest absolute Gasteiger partial charge is 0.478 e. The first-order chi connectivity index (χ1) is 6.46. The van der Waals surface area contributed by atoms with Gasteiger partial charge in [0.25, 0.3) is 0 Å². The molecule has 0 aromatic heterocycles. The molecule has 14 heavy (non-hydrogen) atoms. The number of aliphatic carboxylic acids is 1. The van der Waals surface area contributed by atoms with Crippen molar-refractivity contribution < 1.29 is 18.3 Å². The van der Waals surface area contributed by atoms with E-state index >= 15 is 0 Å². The zero-order valence-corrected chi connectivity index (χ0v) is 8.93. The van der Waals surface area contributed by atoms with Crippen LogP contribution in [-0.2, 0) is 14.6 Å². The van der Waals surface area contributed by atoms with Gasteiger partial charge in [-0.15, -0.1) is 0 Å². The monoisotopic (exact) mass is 218 g/mol. The lowest BCUT2D eigenvalue weighted by Crippen LogP contribution is -2.21. The average Bonchev–Trinajstić information content (AvgIpc) is 2.02. The minimum atomic E-state index is -3.04. The highest BCUT2D eigenvalue weighted by atomic mass is 32.2. The minimum Gasteiger partial charge on any atom is -0.478 e. The van der Waals surface area contributed by atoms with E-state index in [9.17, 15) is 13.2 Å². The highest BCUT2D eigenvalue weighted by Crippen LogP contribution is 2.22. The van der Waals surface area contributed by atoms with Gasteiger partial charge < -0.3 is 5.11 Å². The molecule has 1 heterocycles. The zero-order chi connectivity index (χ0) is 10.8. The number of sulfone groups is 1. The maximum Gasteiger partial charge on any atom is 0.331 e. The van der Waals surface area contributed by atoms with Gasteiger partial charge in [0.2, 0.25) is 0 Å². The quantitative estimate of drug-likeness (QED) is 0.701. The molecule has 0 atom stereocenters. The Bertz CT molecular complexity index is 364. The van der Waals surface area contributed by atoms with Crippen molar-refractivity contribution in [1.82, 2.24) is 0 Å². The van der Waals surface area contributed by atoms with Crippen LogP contribution in [0.15, 0.2) is 11.1 Å². The van der Waals surface area contributed by atoms with Gasteiger partial charge in [0.1, 0.15) is 0 Å². The molecule has 0 amide bonds. The van der Waals surface area contributed by atoms with Gasteiger partial charge in [-0.25, -0.2) is 13.2 Å². The summed E-state index contributed by atoms with van der Waals surface area (Å²) in [6, 6.07) is 0. The summed E-state index contributed by atoms with van der Waals surface area (Å²) in [7, 11) is -3.04. The molecule has 1 N–H and O–H groups in total. The van der Waals surface area contributed by atoms with Crippen molar-refractivity contribution in [2.24, 2.45) is 0 Å². The third-order valence-electron chi connectivity index (χ3n) is 2.37. The smallest absolute Gasteiger partial charge is 0.331 e. The van der Waals surface area contributed by atoms with Gasteiger partial charge in [0.05, 0.1) is 11.5 Å². The second kappa shape index (κ2) is 4.13. The first-order valence-electron chi connectivity index (χ1n) is 4.61. The molecular weight excluding hydrogens is 204 g/mol. The standard InChI is InChI=1S/C9H14O4S/c1-2-8(9(10)11)7-4-3-5-14(12,13)6-7/h2-6H2,1H3,(H,10,11)/b8-7-. The average molecular weight is 218 g/mol. The molecule has 80 valence electrons. The molecule has 0 saturated carbocycles. The molecule has 1 saturated heterocycles. The molecule has 1 aliphatic rings. The van der Waals surface area contributed by atoms with E-state index in [-0.39, 0.29) is 17.1 Å². The van der Waals surface area contributed by atoms with Gasteiger partial charge in [0, 0.05) is 5.57 Å². The van der Waals surface area contributed by atoms with Gasteiger partial charge in [-0.05, 0) is 24.8 Å². The van der Waals surface area contributed by atoms with Crippen molar-refractivity contribution in [3.63, 3.8) is 0 Å². The normalized spacial score (nSPS) is 24.4. The molecule has 0 aliphatic carbocycles. The molecule has 0 aromatic carbocycles. The van der Waals surface area contributed by atoms with Gasteiger partial charge in [-0.2, -0.15) is 0 Å². The second-order valence-corrected chi connectivity index (χ2v) is 5.62. The predicted octanol–water partition coefficient (Wildman–Crippen LogP) is 0.986. The fourth-order valence-electron chi connectivity index (χ4n) is 1.71. The molecule has 1 fully saturated rings. The summed E-state index contributed by atoms with van der Waals surface area (Å²) in [6.45, 7) is 1.73. The molecule has 5 heteroatoms. The van der Waals surface area contributed by atoms with Crippen LogP contribution >= 0.6 is 0 Å². The number of rotatable bonds is 2. The molecule has 1 aliphatic heterocycles. The van der Waals surface area contributed by atoms with Crippen molar-refractivity contribution in [3.8, 4) is 0 Å². The van der Waals surface area contributed by atoms with Crippen molar-refractivity contribution in [2.45, 2.75) is 26.2 Å². The second-order valence-electron chi connectivity index (χ2n) is 3.44. The van der Waals surface area contributed by atoms with Crippen LogP contribution in [0.5, 0.6) is 0 Å². The van der Waals surface area contributed by atoms with Gasteiger partial charge in [-0.3, -0.25) is 0 Å². The van der Waals surface area contributed by atoms with E-state index in [1.165, 1.54) is 0 Å². The van der Waals surface area contributed by atoms with Gasteiger partial charge in [0.15, 0.2) is 9.84 Å². The van der Waals surface area contributed by atoms with Crippen LogP contribution in [0.3, 0.4) is 0 Å². The number of hydrogen-bond acceptors (Lipinski definition) is 3. The third-order valence-corrected chi connectivity index (χ3v) is 4.07. The Morgan fingerprint density at radius 3 is 2.57 bits per heavy atom. The molecule has 1 rings (SSSR count). The summed E-state index contributed by atoms with van der Waals surface area (Å²) in [6.07, 6.45) is 1.54. The van der Waals surface area contributed by atoms with E-state index in [2.05, 4.69) is 0 Å². The molecular formula is C9H14O4S. The number of hydrogen-bond donors (Lipinski definition) is 1. The fraction of sp³-hybridized carbons (Fsp3) is 0.667. The van der Waals surface area contributed by atoms with Crippen LogP contribution in [-0.4, -0.2) is 31.0 Å². The highest BCUT2D eigenvalue weighted by molar-refractivity contribution is 7.91. The topological polar surface area (TPSA) is 71.4 Å². The Labute approximate surface area is 83.5 Å². The Morgan fingerprint density at radius 2 is 2.14 bits per heavy atom. The van der Waals surface area contributed by atoms with Crippen LogP contribution in [0.1, 0.15) is 26.2 Å². The Balaban J connectivity index is 3.01. The summed E-state index contributed by atoms with van der Waals surface area (Å²) >= 11 is 0. The number of carboxylic acid groups (broad SMARTS) is 1. The molecule has 0 radical (unpaired) electrons. The lowest BCUT2D eigenvalue weighted by atomic mass is 10.0. The maximum atomic E-state index is 11.3. The van der Waals surface area contributed by atoms with Crippen LogP contribution in [0.25, 0.3) is 0 Å². The molecule has 0 bridgehead atoms. The lowest BCUT2D eigenvalue weighted by molar-refractivity contribution is -0.132. The van der Waals surface area contributed by atoms with Crippen LogP contribution in [0.4, 0.5) is 0 Å². The van der Waals surface area contributed by atoms with Crippen LogP contribution < -0.4 is 0 Å². The van der Waals surface area contributed by atoms with Gasteiger partial charge >= 0.3 is 5.97 Å². The van der Waals surface area contributed by atoms with Gasteiger partial charge in [-0.1, -0.05) is 6.92 Å². The third kappa shape index (κ3) is 2.57. The van der Waals surface area contributed by atoms with E-state index < -0.39 is 15.8 Å². The summed E-state index contributed by atoms with van der Waals surface area (Å²) in [5.41, 5.74) is 0.861. The number of carbonyl (C=O) groups is 1. The number of carboxylic acids is 1. The van der Waals surface area contributed by atoms with Crippen LogP contribution in [0.2, 0.25) is 0 Å². The zero-order valence-electron chi connectivity index (χ0n) is 8.12. The van der Waals surface area contributed by atoms with E-state index in [4.69, 9.17) is 5.11 Å². The molecule has 0 aromatic rings. The van der Waals surface area contributed by atoms with E-state index in [0.29, 0.717) is 24.8 Å². The Kier molecular flexibility index (Phi) is 3.31. The maximum absolute atomic E-state index is 11.3. The Hall–Kier alpha value is -0.840. The van der Waals surface area contributed by atoms with Crippen molar-refractivity contribution >= 4 is 15.8 Å². The minimum absolute atomic E-state index is 0.0670. The molecule has 0 spiro atoms. The molecule has 0 unspecified atom stereocenters. The summed E-state index contributed by atoms with van der Waals surface area (Å²) in [5, 5.41) is 8.84. The SMILES string of the molecule is CC/C(C(=O)O)=C1\CCCS(=O)(=O)C1. The summed E-state index contributed by atoms with van der Waals surface area (Å²) in [5.74, 6) is -0.866. The summed E-state index contributed by atoms with van der Waals surface area (Å²) < 4.78 is 22.6. The van der Waals surface area contributed by atoms with E-state index in [1.807, 2.05) is 0 Å². The van der Waals surface area contributed by atoms with Crippen molar-refractivity contribution in [1.29, 1.82) is 0 Å². The van der Waals surface area contributed by atoms with Crippen LogP contribution in [0, 0.1) is 0 Å². The Morgan fingerprint density at radius 1 is 1.50 bits per heavy atom. The first-order valence-corrected chi connectivity index (χ1v) is 6.43.